The molecule has 2 unspecified atom stereocenters. The van der Waals surface area contributed by atoms with E-state index in [4.69, 9.17) is 5.73 Å². The van der Waals surface area contributed by atoms with E-state index < -0.39 is 0 Å². The summed E-state index contributed by atoms with van der Waals surface area (Å²) in [5, 5.41) is 6.01. The van der Waals surface area contributed by atoms with Crippen molar-refractivity contribution in [2.75, 3.05) is 18.4 Å². The van der Waals surface area contributed by atoms with Crippen molar-refractivity contribution >= 4 is 11.7 Å². The molecule has 1 aromatic carbocycles. The molecule has 2 saturated heterocycles. The highest BCUT2D eigenvalue weighted by atomic mass is 16.2. The maximum atomic E-state index is 12.1. The lowest BCUT2D eigenvalue weighted by Crippen LogP contribution is -2.44. The number of hydrogen-bond donors (Lipinski definition) is 3. The molecule has 0 aromatic heterocycles. The molecule has 2 aliphatic rings. The topological polar surface area (TPSA) is 70.4 Å². The van der Waals surface area contributed by atoms with E-state index in [2.05, 4.69) is 15.5 Å². The summed E-state index contributed by atoms with van der Waals surface area (Å²) in [4.78, 5) is 14.6. The number of nitrogens with two attached hydrogens (primary N) is 1. The van der Waals surface area contributed by atoms with Gasteiger partial charge in [0.25, 0.3) is 0 Å². The number of fused-ring (bicyclic) bond motifs is 1. The van der Waals surface area contributed by atoms with Crippen LogP contribution >= 0.6 is 0 Å². The van der Waals surface area contributed by atoms with Gasteiger partial charge in [0, 0.05) is 30.9 Å². The number of rotatable bonds is 3. The van der Waals surface area contributed by atoms with Gasteiger partial charge < -0.3 is 16.4 Å². The first kappa shape index (κ1) is 13.4. The highest BCUT2D eigenvalue weighted by Gasteiger charge is 2.37. The van der Waals surface area contributed by atoms with Gasteiger partial charge in [0.1, 0.15) is 0 Å². The van der Waals surface area contributed by atoms with Crippen LogP contribution in [0.4, 0.5) is 10.5 Å². The number of anilines is 1. The molecule has 0 saturated carbocycles. The zero-order chi connectivity index (χ0) is 13.9. The first-order valence-corrected chi connectivity index (χ1v) is 7.37. The third kappa shape index (κ3) is 2.78. The number of carbonyl (C=O) groups excluding carboxylic acids is 1. The number of benzene rings is 1. The largest absolute Gasteiger partial charge is 0.334 e. The average Bonchev–Trinajstić information content (AvgIpc) is 3.04. The maximum Gasteiger partial charge on any atom is 0.319 e. The summed E-state index contributed by atoms with van der Waals surface area (Å²) in [6.45, 7) is 2.78. The molecule has 0 radical (unpaired) electrons. The summed E-state index contributed by atoms with van der Waals surface area (Å²) in [6.07, 6.45) is 3.51. The first-order valence-electron chi connectivity index (χ1n) is 7.37. The molecule has 2 aliphatic heterocycles. The molecule has 0 aliphatic carbocycles. The van der Waals surface area contributed by atoms with Crippen molar-refractivity contribution in [1.82, 2.24) is 10.2 Å². The Kier molecular flexibility index (Phi) is 3.89. The number of amides is 2. The normalized spacial score (nSPS) is 25.4. The summed E-state index contributed by atoms with van der Waals surface area (Å²) < 4.78 is 0. The van der Waals surface area contributed by atoms with E-state index in [9.17, 15) is 4.79 Å². The average molecular weight is 274 g/mol. The number of nitrogens with zero attached hydrogens (tertiary/aromatic N) is 1. The van der Waals surface area contributed by atoms with Gasteiger partial charge in [-0.3, -0.25) is 4.90 Å². The number of hydrogen-bond acceptors (Lipinski definition) is 3. The third-order valence-electron chi connectivity index (χ3n) is 4.34. The molecule has 20 heavy (non-hydrogen) atoms. The van der Waals surface area contributed by atoms with Crippen LogP contribution in [0.3, 0.4) is 0 Å². The van der Waals surface area contributed by atoms with E-state index in [1.165, 1.54) is 19.4 Å². The highest BCUT2D eigenvalue weighted by molar-refractivity contribution is 5.89. The van der Waals surface area contributed by atoms with Crippen molar-refractivity contribution in [3.63, 3.8) is 0 Å². The van der Waals surface area contributed by atoms with Crippen LogP contribution in [0, 0.1) is 0 Å². The van der Waals surface area contributed by atoms with Gasteiger partial charge in [0.05, 0.1) is 0 Å². The van der Waals surface area contributed by atoms with Crippen molar-refractivity contribution in [3.8, 4) is 0 Å². The van der Waals surface area contributed by atoms with Crippen LogP contribution in [0.5, 0.6) is 0 Å². The summed E-state index contributed by atoms with van der Waals surface area (Å²) in [6, 6.07) is 8.37. The lowest BCUT2D eigenvalue weighted by atomic mass is 10.1. The van der Waals surface area contributed by atoms with Gasteiger partial charge in [-0.15, -0.1) is 0 Å². The van der Waals surface area contributed by atoms with E-state index in [1.54, 1.807) is 0 Å². The van der Waals surface area contributed by atoms with E-state index >= 15 is 0 Å². The zero-order valence-electron chi connectivity index (χ0n) is 11.6. The van der Waals surface area contributed by atoms with Crippen molar-refractivity contribution < 1.29 is 4.79 Å². The van der Waals surface area contributed by atoms with Crippen LogP contribution in [-0.2, 0) is 6.54 Å². The standard InChI is InChI=1S/C15H22N4O/c16-10-11-3-1-4-12(9-11)17-15(20)18-13-6-8-19-7-2-5-14(13)19/h1,3-4,9,13-14H,2,5-8,10,16H2,(H2,17,18,20). The minimum Gasteiger partial charge on any atom is -0.334 e. The van der Waals surface area contributed by atoms with Crippen LogP contribution in [0.2, 0.25) is 0 Å². The predicted octanol–water partition coefficient (Wildman–Crippen LogP) is 1.50. The molecule has 5 nitrogen and oxygen atoms in total. The van der Waals surface area contributed by atoms with Gasteiger partial charge in [-0.05, 0) is 43.5 Å². The van der Waals surface area contributed by atoms with Gasteiger partial charge >= 0.3 is 6.03 Å². The van der Waals surface area contributed by atoms with Crippen molar-refractivity contribution in [2.24, 2.45) is 5.73 Å². The minimum atomic E-state index is -0.113. The van der Waals surface area contributed by atoms with Gasteiger partial charge in [-0.25, -0.2) is 4.79 Å². The van der Waals surface area contributed by atoms with Gasteiger partial charge in [-0.2, -0.15) is 0 Å². The lowest BCUT2D eigenvalue weighted by molar-refractivity contribution is 0.243. The van der Waals surface area contributed by atoms with E-state index in [0.29, 0.717) is 12.6 Å². The maximum absolute atomic E-state index is 12.1. The molecule has 0 spiro atoms. The third-order valence-corrected chi connectivity index (χ3v) is 4.34. The minimum absolute atomic E-state index is 0.113. The van der Waals surface area contributed by atoms with Crippen molar-refractivity contribution in [2.45, 2.75) is 37.9 Å². The molecule has 5 heteroatoms. The predicted molar refractivity (Wildman–Crippen MR) is 79.5 cm³/mol. The Balaban J connectivity index is 1.56. The first-order chi connectivity index (χ1) is 9.76. The fourth-order valence-corrected chi connectivity index (χ4v) is 3.36. The van der Waals surface area contributed by atoms with E-state index in [0.717, 1.165) is 24.2 Å². The van der Waals surface area contributed by atoms with Crippen LogP contribution in [-0.4, -0.2) is 36.1 Å². The molecule has 2 amide bonds. The van der Waals surface area contributed by atoms with Crippen LogP contribution in [0.1, 0.15) is 24.8 Å². The molecule has 3 rings (SSSR count). The van der Waals surface area contributed by atoms with E-state index in [-0.39, 0.29) is 12.1 Å². The van der Waals surface area contributed by atoms with Crippen LogP contribution in [0.15, 0.2) is 24.3 Å². The Hall–Kier alpha value is -1.59. The number of urea groups is 1. The van der Waals surface area contributed by atoms with Crippen LogP contribution in [0.25, 0.3) is 0 Å². The Morgan fingerprint density at radius 3 is 3.10 bits per heavy atom. The Morgan fingerprint density at radius 2 is 2.25 bits per heavy atom. The van der Waals surface area contributed by atoms with Gasteiger partial charge in [-0.1, -0.05) is 12.1 Å². The SMILES string of the molecule is NCc1cccc(NC(=O)NC2CCN3CCCC23)c1. The highest BCUT2D eigenvalue weighted by Crippen LogP contribution is 2.27. The number of carbonyl (C=O) groups is 1. The molecule has 108 valence electrons. The van der Waals surface area contributed by atoms with Crippen molar-refractivity contribution in [1.29, 1.82) is 0 Å². The lowest BCUT2D eigenvalue weighted by Gasteiger charge is -2.21. The summed E-state index contributed by atoms with van der Waals surface area (Å²) in [7, 11) is 0. The Morgan fingerprint density at radius 1 is 1.35 bits per heavy atom. The quantitative estimate of drug-likeness (QED) is 0.782. The summed E-state index contributed by atoms with van der Waals surface area (Å²) >= 11 is 0. The molecule has 0 bridgehead atoms. The fraction of sp³-hybridized carbons (Fsp3) is 0.533. The number of nitrogens with one attached hydrogen (secondary N) is 2. The molecular formula is C15H22N4O. The Bertz CT molecular complexity index is 491. The van der Waals surface area contributed by atoms with Gasteiger partial charge in [0.15, 0.2) is 0 Å². The molecule has 2 fully saturated rings. The Labute approximate surface area is 119 Å². The van der Waals surface area contributed by atoms with E-state index in [1.807, 2.05) is 24.3 Å². The molecular weight excluding hydrogens is 252 g/mol. The van der Waals surface area contributed by atoms with Gasteiger partial charge in [0.2, 0.25) is 0 Å². The second kappa shape index (κ2) is 5.81. The molecule has 1 aromatic rings. The second-order valence-corrected chi connectivity index (χ2v) is 5.64. The fourth-order valence-electron chi connectivity index (χ4n) is 3.36. The monoisotopic (exact) mass is 274 g/mol. The smallest absolute Gasteiger partial charge is 0.319 e. The zero-order valence-corrected chi connectivity index (χ0v) is 11.6. The second-order valence-electron chi connectivity index (χ2n) is 5.64. The molecule has 4 N–H and O–H groups in total. The summed E-state index contributed by atoms with van der Waals surface area (Å²) in [5.41, 5.74) is 7.42. The van der Waals surface area contributed by atoms with Crippen LogP contribution < -0.4 is 16.4 Å². The summed E-state index contributed by atoms with van der Waals surface area (Å²) in [5.74, 6) is 0. The van der Waals surface area contributed by atoms with Crippen molar-refractivity contribution in [3.05, 3.63) is 29.8 Å². The molecule has 2 heterocycles. The molecule has 2 atom stereocenters.